The normalized spacial score (nSPS) is 11.4. The lowest BCUT2D eigenvalue weighted by Crippen LogP contribution is -2.06. The Labute approximate surface area is 180 Å². The summed E-state index contributed by atoms with van der Waals surface area (Å²) in [7, 11) is -3.99. The lowest BCUT2D eigenvalue weighted by atomic mass is 10.1. The molecule has 0 radical (unpaired) electrons. The van der Waals surface area contributed by atoms with Crippen molar-refractivity contribution in [2.24, 2.45) is 0 Å². The number of sulfone groups is 1. The van der Waals surface area contributed by atoms with Gasteiger partial charge in [-0.05, 0) is 36.4 Å². The van der Waals surface area contributed by atoms with E-state index < -0.39 is 15.8 Å². The standard InChI is InChI=1S/C21H14BrN3O4S/c22-16-9-5-11-18(13-16)30(28,29)20-19(14-6-2-1-3-7-14)25(24-23-20)17-10-4-8-15(12-17)21(26)27/h1-13H,(H,26,27). The monoisotopic (exact) mass is 483 g/mol. The van der Waals surface area contributed by atoms with Crippen molar-refractivity contribution in [3.8, 4) is 16.9 Å². The van der Waals surface area contributed by atoms with Gasteiger partial charge in [-0.3, -0.25) is 0 Å². The predicted molar refractivity (Wildman–Crippen MR) is 113 cm³/mol. The highest BCUT2D eigenvalue weighted by molar-refractivity contribution is 9.10. The van der Waals surface area contributed by atoms with Gasteiger partial charge in [0, 0.05) is 10.0 Å². The molecule has 0 saturated carbocycles. The second kappa shape index (κ2) is 7.85. The maximum atomic E-state index is 13.4. The first kappa shape index (κ1) is 20.0. The predicted octanol–water partition coefficient (Wildman–Crippen LogP) is 4.23. The molecule has 0 aliphatic rings. The van der Waals surface area contributed by atoms with Crippen molar-refractivity contribution in [1.29, 1.82) is 0 Å². The van der Waals surface area contributed by atoms with E-state index in [4.69, 9.17) is 0 Å². The molecule has 3 aromatic carbocycles. The summed E-state index contributed by atoms with van der Waals surface area (Å²) in [6.45, 7) is 0. The molecule has 7 nitrogen and oxygen atoms in total. The van der Waals surface area contributed by atoms with Crippen molar-refractivity contribution in [3.05, 3.63) is 88.9 Å². The summed E-state index contributed by atoms with van der Waals surface area (Å²) in [5, 5.41) is 17.1. The summed E-state index contributed by atoms with van der Waals surface area (Å²) in [4.78, 5) is 11.4. The fourth-order valence-corrected chi connectivity index (χ4v) is 4.90. The van der Waals surface area contributed by atoms with Crippen LogP contribution in [0.25, 0.3) is 16.9 Å². The quantitative estimate of drug-likeness (QED) is 0.455. The molecule has 0 atom stereocenters. The number of rotatable bonds is 5. The van der Waals surface area contributed by atoms with Crippen molar-refractivity contribution in [2.75, 3.05) is 0 Å². The number of carbonyl (C=O) groups is 1. The van der Waals surface area contributed by atoms with Crippen molar-refractivity contribution < 1.29 is 18.3 Å². The molecule has 0 spiro atoms. The molecule has 0 bridgehead atoms. The van der Waals surface area contributed by atoms with E-state index in [0.717, 1.165) is 0 Å². The Morgan fingerprint density at radius 2 is 1.67 bits per heavy atom. The second-order valence-corrected chi connectivity index (χ2v) is 9.12. The van der Waals surface area contributed by atoms with E-state index in [0.29, 0.717) is 15.7 Å². The fourth-order valence-electron chi connectivity index (χ4n) is 2.99. The van der Waals surface area contributed by atoms with Crippen LogP contribution in [0, 0.1) is 0 Å². The number of aromatic nitrogens is 3. The third kappa shape index (κ3) is 3.64. The maximum Gasteiger partial charge on any atom is 0.335 e. The van der Waals surface area contributed by atoms with Crippen molar-refractivity contribution in [3.63, 3.8) is 0 Å². The molecule has 150 valence electrons. The van der Waals surface area contributed by atoms with Crippen LogP contribution in [0.2, 0.25) is 0 Å². The van der Waals surface area contributed by atoms with Crippen LogP contribution in [0.15, 0.2) is 93.3 Å². The lowest BCUT2D eigenvalue weighted by molar-refractivity contribution is 0.0697. The molecule has 0 aliphatic heterocycles. The van der Waals surface area contributed by atoms with Crippen LogP contribution in [0.4, 0.5) is 0 Å². The van der Waals surface area contributed by atoms with Crippen LogP contribution in [-0.4, -0.2) is 34.5 Å². The number of aromatic carboxylic acids is 1. The number of hydrogen-bond donors (Lipinski definition) is 1. The van der Waals surface area contributed by atoms with Gasteiger partial charge in [-0.1, -0.05) is 63.6 Å². The number of carboxylic acid groups (broad SMARTS) is 1. The Morgan fingerprint density at radius 1 is 0.933 bits per heavy atom. The first-order valence-electron chi connectivity index (χ1n) is 8.73. The Morgan fingerprint density at radius 3 is 2.37 bits per heavy atom. The van der Waals surface area contributed by atoms with E-state index in [2.05, 4.69) is 26.2 Å². The van der Waals surface area contributed by atoms with Crippen molar-refractivity contribution in [2.45, 2.75) is 9.92 Å². The largest absolute Gasteiger partial charge is 0.478 e. The van der Waals surface area contributed by atoms with E-state index in [9.17, 15) is 18.3 Å². The van der Waals surface area contributed by atoms with Crippen LogP contribution in [-0.2, 0) is 9.84 Å². The smallest absolute Gasteiger partial charge is 0.335 e. The Balaban J connectivity index is 1.98. The number of benzene rings is 3. The molecule has 4 aromatic rings. The van der Waals surface area contributed by atoms with Gasteiger partial charge in [-0.15, -0.1) is 5.10 Å². The van der Waals surface area contributed by atoms with Gasteiger partial charge in [0.2, 0.25) is 14.9 Å². The summed E-state index contributed by atoms with van der Waals surface area (Å²) in [5.41, 5.74) is 1.27. The zero-order valence-electron chi connectivity index (χ0n) is 15.3. The molecule has 0 saturated heterocycles. The number of hydrogen-bond acceptors (Lipinski definition) is 5. The number of carboxylic acids is 1. The topological polar surface area (TPSA) is 102 Å². The summed E-state index contributed by atoms with van der Waals surface area (Å²) in [6, 6.07) is 21.3. The third-order valence-electron chi connectivity index (χ3n) is 4.39. The highest BCUT2D eigenvalue weighted by Gasteiger charge is 2.29. The Hall–Kier alpha value is -3.30. The molecule has 30 heavy (non-hydrogen) atoms. The number of halogens is 1. The summed E-state index contributed by atoms with van der Waals surface area (Å²) in [6.07, 6.45) is 0. The summed E-state index contributed by atoms with van der Waals surface area (Å²) in [5.74, 6) is -1.10. The van der Waals surface area contributed by atoms with Crippen LogP contribution >= 0.6 is 15.9 Å². The van der Waals surface area contributed by atoms with Crippen LogP contribution in [0.3, 0.4) is 0 Å². The third-order valence-corrected chi connectivity index (χ3v) is 6.54. The van der Waals surface area contributed by atoms with E-state index in [1.807, 2.05) is 6.07 Å². The van der Waals surface area contributed by atoms with Gasteiger partial charge in [0.05, 0.1) is 16.1 Å². The van der Waals surface area contributed by atoms with E-state index in [1.54, 1.807) is 48.5 Å². The molecule has 4 rings (SSSR count). The number of nitrogens with zero attached hydrogens (tertiary/aromatic N) is 3. The van der Waals surface area contributed by atoms with Crippen molar-refractivity contribution in [1.82, 2.24) is 15.0 Å². The molecule has 0 unspecified atom stereocenters. The lowest BCUT2D eigenvalue weighted by Gasteiger charge is -2.10. The highest BCUT2D eigenvalue weighted by atomic mass is 79.9. The molecule has 1 aromatic heterocycles. The van der Waals surface area contributed by atoms with Gasteiger partial charge in [-0.2, -0.15) is 0 Å². The van der Waals surface area contributed by atoms with Gasteiger partial charge >= 0.3 is 5.97 Å². The second-order valence-electron chi connectivity index (χ2n) is 6.34. The maximum absolute atomic E-state index is 13.4. The molecule has 1 heterocycles. The zero-order valence-corrected chi connectivity index (χ0v) is 17.7. The molecular weight excluding hydrogens is 470 g/mol. The molecule has 9 heteroatoms. The minimum Gasteiger partial charge on any atom is -0.478 e. The minimum atomic E-state index is -3.99. The first-order chi connectivity index (χ1) is 14.4. The average Bonchev–Trinajstić information content (AvgIpc) is 3.20. The summed E-state index contributed by atoms with van der Waals surface area (Å²) < 4.78 is 28.7. The molecule has 0 aliphatic carbocycles. The van der Waals surface area contributed by atoms with Crippen LogP contribution in [0.5, 0.6) is 0 Å². The van der Waals surface area contributed by atoms with E-state index in [-0.39, 0.29) is 21.2 Å². The SMILES string of the molecule is O=C(O)c1cccc(-n2nnc(S(=O)(=O)c3cccc(Br)c3)c2-c2ccccc2)c1. The van der Waals surface area contributed by atoms with Crippen LogP contribution in [0.1, 0.15) is 10.4 Å². The van der Waals surface area contributed by atoms with Gasteiger partial charge in [0.25, 0.3) is 0 Å². The van der Waals surface area contributed by atoms with Gasteiger partial charge in [0.1, 0.15) is 5.69 Å². The zero-order chi connectivity index (χ0) is 21.3. The molecule has 0 amide bonds. The van der Waals surface area contributed by atoms with Gasteiger partial charge in [-0.25, -0.2) is 17.9 Å². The highest BCUT2D eigenvalue weighted by Crippen LogP contribution is 2.32. The van der Waals surface area contributed by atoms with Gasteiger partial charge < -0.3 is 5.11 Å². The van der Waals surface area contributed by atoms with E-state index >= 15 is 0 Å². The minimum absolute atomic E-state index is 0.0541. The average molecular weight is 484 g/mol. The van der Waals surface area contributed by atoms with Gasteiger partial charge in [0.15, 0.2) is 0 Å². The molecular formula is C21H14BrN3O4S. The Bertz CT molecular complexity index is 1350. The molecule has 0 fully saturated rings. The fraction of sp³-hybridized carbons (Fsp3) is 0. The van der Waals surface area contributed by atoms with E-state index in [1.165, 1.54) is 28.9 Å². The van der Waals surface area contributed by atoms with Crippen molar-refractivity contribution >= 4 is 31.7 Å². The summed E-state index contributed by atoms with van der Waals surface area (Å²) >= 11 is 3.29. The van der Waals surface area contributed by atoms with Crippen LogP contribution < -0.4 is 0 Å². The molecule has 1 N–H and O–H groups in total. The Kier molecular flexibility index (Phi) is 5.23. The first-order valence-corrected chi connectivity index (χ1v) is 11.0.